The predicted molar refractivity (Wildman–Crippen MR) is 162 cm³/mol. The van der Waals surface area contributed by atoms with Crippen LogP contribution in [0.4, 0.5) is 11.4 Å². The molecular weight excluding hydrogens is 626 g/mol. The van der Waals surface area contributed by atoms with Crippen molar-refractivity contribution in [2.75, 3.05) is 7.11 Å². The molecule has 0 atom stereocenters. The highest BCUT2D eigenvalue weighted by Crippen LogP contribution is 2.42. The van der Waals surface area contributed by atoms with Crippen molar-refractivity contribution in [3.8, 4) is 17.2 Å². The maximum absolute atomic E-state index is 12.9. The van der Waals surface area contributed by atoms with Crippen LogP contribution in [0.5, 0.6) is 17.2 Å². The third-order valence-electron chi connectivity index (χ3n) is 6.40. The van der Waals surface area contributed by atoms with Gasteiger partial charge in [-0.1, -0.05) is 24.3 Å². The molecule has 0 radical (unpaired) electrons. The van der Waals surface area contributed by atoms with Crippen molar-refractivity contribution < 1.29 is 24.1 Å². The number of aromatic nitrogens is 1. The number of nitrogens with one attached hydrogen (secondary N) is 1. The molecule has 0 fully saturated rings. The summed E-state index contributed by atoms with van der Waals surface area (Å²) >= 11 is 3.35. The fourth-order valence-electron chi connectivity index (χ4n) is 4.48. The standard InChI is InChI=1S/C29H20BrN5O8/c1-42-26-13-17(12-21(30)29(26)43-25-11-10-18(34(38)39)14-24(25)35(40)41)15-31-32-27(36)16-33-22-8-4-2-6-19(22)28(37)20-7-3-5-9-23(20)33/h2-15H,16H2,1H3,(H,32,36)/b31-15-. The third-order valence-corrected chi connectivity index (χ3v) is 6.99. The second-order valence-corrected chi connectivity index (χ2v) is 9.90. The van der Waals surface area contributed by atoms with E-state index in [4.69, 9.17) is 9.47 Å². The summed E-state index contributed by atoms with van der Waals surface area (Å²) in [4.78, 5) is 46.8. The number of para-hydroxylation sites is 2. The van der Waals surface area contributed by atoms with Crippen LogP contribution in [-0.4, -0.2) is 33.6 Å². The van der Waals surface area contributed by atoms with Crippen molar-refractivity contribution in [1.82, 2.24) is 9.99 Å². The molecule has 1 N–H and O–H groups in total. The summed E-state index contributed by atoms with van der Waals surface area (Å²) in [5.74, 6) is -0.420. The molecule has 0 aliphatic heterocycles. The Morgan fingerprint density at radius 3 is 2.21 bits per heavy atom. The molecule has 4 aromatic carbocycles. The summed E-state index contributed by atoms with van der Waals surface area (Å²) in [5, 5.41) is 27.6. The molecule has 14 heteroatoms. The molecule has 0 aliphatic carbocycles. The van der Waals surface area contributed by atoms with Crippen LogP contribution in [0.1, 0.15) is 5.56 Å². The van der Waals surface area contributed by atoms with Crippen LogP contribution in [0, 0.1) is 20.2 Å². The maximum Gasteiger partial charge on any atom is 0.318 e. The molecule has 0 spiro atoms. The number of carbonyl (C=O) groups excluding carboxylic acids is 1. The van der Waals surface area contributed by atoms with Crippen molar-refractivity contribution in [3.63, 3.8) is 0 Å². The zero-order valence-electron chi connectivity index (χ0n) is 22.2. The molecule has 5 rings (SSSR count). The van der Waals surface area contributed by atoms with Gasteiger partial charge in [0.05, 0.1) is 44.7 Å². The van der Waals surface area contributed by atoms with Gasteiger partial charge in [-0.05, 0) is 64.0 Å². The molecule has 5 aromatic rings. The fraction of sp³-hybridized carbons (Fsp3) is 0.0690. The summed E-state index contributed by atoms with van der Waals surface area (Å²) in [7, 11) is 1.36. The number of non-ortho nitro benzene ring substituents is 1. The van der Waals surface area contributed by atoms with E-state index in [2.05, 4.69) is 26.5 Å². The monoisotopic (exact) mass is 645 g/mol. The Balaban J connectivity index is 1.37. The Morgan fingerprint density at radius 1 is 0.953 bits per heavy atom. The van der Waals surface area contributed by atoms with Crippen LogP contribution >= 0.6 is 15.9 Å². The van der Waals surface area contributed by atoms with E-state index in [1.807, 2.05) is 0 Å². The lowest BCUT2D eigenvalue weighted by atomic mass is 10.1. The van der Waals surface area contributed by atoms with Crippen molar-refractivity contribution in [2.45, 2.75) is 6.54 Å². The van der Waals surface area contributed by atoms with Gasteiger partial charge in [-0.3, -0.25) is 29.8 Å². The molecule has 0 saturated carbocycles. The normalized spacial score (nSPS) is 11.1. The van der Waals surface area contributed by atoms with E-state index in [9.17, 15) is 29.8 Å². The predicted octanol–water partition coefficient (Wildman–Crippen LogP) is 5.68. The second kappa shape index (κ2) is 12.1. The number of benzene rings is 4. The first-order valence-electron chi connectivity index (χ1n) is 12.5. The SMILES string of the molecule is COc1cc(/C=N\NC(=O)Cn2c3ccccc3c(=O)c3ccccc32)cc(Br)c1Oc1ccc([N+](=O)[O-])cc1[N+](=O)[O-]. The average molecular weight is 646 g/mol. The van der Waals surface area contributed by atoms with Gasteiger partial charge in [0, 0.05) is 16.8 Å². The number of carbonyl (C=O) groups is 1. The largest absolute Gasteiger partial charge is 0.493 e. The molecule has 1 aromatic heterocycles. The van der Waals surface area contributed by atoms with Gasteiger partial charge in [0.2, 0.25) is 5.75 Å². The van der Waals surface area contributed by atoms with Crippen LogP contribution in [0.3, 0.4) is 0 Å². The Bertz CT molecular complexity index is 1960. The Morgan fingerprint density at radius 2 is 1.60 bits per heavy atom. The molecule has 43 heavy (non-hydrogen) atoms. The van der Waals surface area contributed by atoms with Gasteiger partial charge in [0.1, 0.15) is 6.54 Å². The Kier molecular flexibility index (Phi) is 8.11. The van der Waals surface area contributed by atoms with Crippen LogP contribution in [0.2, 0.25) is 0 Å². The number of amides is 1. The summed E-state index contributed by atoms with van der Waals surface area (Å²) < 4.78 is 13.2. The first kappa shape index (κ1) is 28.9. The third kappa shape index (κ3) is 5.90. The summed E-state index contributed by atoms with van der Waals surface area (Å²) in [6, 6.07) is 20.2. The highest BCUT2D eigenvalue weighted by atomic mass is 79.9. The van der Waals surface area contributed by atoms with E-state index in [1.54, 1.807) is 59.2 Å². The molecule has 0 aliphatic rings. The minimum absolute atomic E-state index is 0.0811. The Labute approximate surface area is 250 Å². The van der Waals surface area contributed by atoms with Gasteiger partial charge < -0.3 is 14.0 Å². The Hall–Kier alpha value is -5.63. The van der Waals surface area contributed by atoms with Crippen molar-refractivity contribution in [2.24, 2.45) is 5.10 Å². The lowest BCUT2D eigenvalue weighted by Crippen LogP contribution is -2.25. The molecule has 13 nitrogen and oxygen atoms in total. The van der Waals surface area contributed by atoms with E-state index in [0.717, 1.165) is 18.2 Å². The molecule has 0 saturated heterocycles. The maximum atomic E-state index is 12.9. The number of hydrogen-bond acceptors (Lipinski definition) is 9. The highest BCUT2D eigenvalue weighted by Gasteiger charge is 2.23. The molecule has 1 amide bonds. The van der Waals surface area contributed by atoms with Gasteiger partial charge >= 0.3 is 5.69 Å². The van der Waals surface area contributed by atoms with Gasteiger partial charge in [-0.15, -0.1) is 0 Å². The number of methoxy groups -OCH3 is 1. The van der Waals surface area contributed by atoms with Crippen LogP contribution < -0.4 is 20.3 Å². The lowest BCUT2D eigenvalue weighted by Gasteiger charge is -2.14. The summed E-state index contributed by atoms with van der Waals surface area (Å²) in [6.07, 6.45) is 1.37. The molecule has 216 valence electrons. The van der Waals surface area contributed by atoms with E-state index in [-0.39, 0.29) is 29.2 Å². The number of fused-ring (bicyclic) bond motifs is 2. The molecule has 0 unspecified atom stereocenters. The van der Waals surface area contributed by atoms with Gasteiger partial charge in [-0.25, -0.2) is 5.43 Å². The number of nitro benzene ring substituents is 2. The number of pyridine rings is 1. The highest BCUT2D eigenvalue weighted by molar-refractivity contribution is 9.10. The van der Waals surface area contributed by atoms with E-state index < -0.39 is 27.1 Å². The van der Waals surface area contributed by atoms with Crippen molar-refractivity contribution in [3.05, 3.63) is 119 Å². The van der Waals surface area contributed by atoms with Crippen molar-refractivity contribution in [1.29, 1.82) is 0 Å². The minimum Gasteiger partial charge on any atom is -0.493 e. The fourth-order valence-corrected chi connectivity index (χ4v) is 5.02. The minimum atomic E-state index is -0.786. The number of hydrogen-bond donors (Lipinski definition) is 1. The quantitative estimate of drug-likeness (QED) is 0.0923. The summed E-state index contributed by atoms with van der Waals surface area (Å²) in [6.45, 7) is -0.105. The number of rotatable bonds is 9. The van der Waals surface area contributed by atoms with Gasteiger partial charge in [-0.2, -0.15) is 5.10 Å². The second-order valence-electron chi connectivity index (χ2n) is 9.05. The summed E-state index contributed by atoms with van der Waals surface area (Å²) in [5.41, 5.74) is 3.02. The van der Waals surface area contributed by atoms with Crippen LogP contribution in [0.15, 0.2) is 93.2 Å². The topological polar surface area (TPSA) is 168 Å². The first-order chi connectivity index (χ1) is 20.7. The first-order valence-corrected chi connectivity index (χ1v) is 13.3. The molecule has 1 heterocycles. The van der Waals surface area contributed by atoms with E-state index in [1.165, 1.54) is 19.4 Å². The van der Waals surface area contributed by atoms with Gasteiger partial charge in [0.15, 0.2) is 16.9 Å². The van der Waals surface area contributed by atoms with E-state index >= 15 is 0 Å². The lowest BCUT2D eigenvalue weighted by molar-refractivity contribution is -0.394. The van der Waals surface area contributed by atoms with Crippen LogP contribution in [0.25, 0.3) is 21.8 Å². The zero-order chi connectivity index (χ0) is 30.7. The smallest absolute Gasteiger partial charge is 0.318 e. The number of nitro groups is 2. The number of nitrogens with zero attached hydrogens (tertiary/aromatic N) is 4. The number of ether oxygens (including phenoxy) is 2. The van der Waals surface area contributed by atoms with Gasteiger partial charge in [0.25, 0.3) is 11.6 Å². The molecule has 0 bridgehead atoms. The zero-order valence-corrected chi connectivity index (χ0v) is 23.8. The van der Waals surface area contributed by atoms with Crippen LogP contribution in [-0.2, 0) is 11.3 Å². The molecular formula is C29H20BrN5O8. The average Bonchev–Trinajstić information content (AvgIpc) is 3.00. The van der Waals surface area contributed by atoms with E-state index in [0.29, 0.717) is 31.8 Å². The number of hydrazone groups is 1. The van der Waals surface area contributed by atoms with Crippen molar-refractivity contribution >= 4 is 61.2 Å². The number of halogens is 1.